The van der Waals surface area contributed by atoms with Crippen molar-refractivity contribution in [2.24, 2.45) is 5.73 Å². The molecular weight excluding hydrogens is 383 g/mol. The van der Waals surface area contributed by atoms with Gasteiger partial charge in [0.05, 0.1) is 5.56 Å². The molecule has 3 N–H and O–H groups in total. The first-order valence-corrected chi connectivity index (χ1v) is 8.63. The van der Waals surface area contributed by atoms with E-state index >= 15 is 0 Å². The Bertz CT molecular complexity index is 1130. The largest absolute Gasteiger partial charge is 0.479 e. The molecule has 0 unspecified atom stereocenters. The zero-order chi connectivity index (χ0) is 21.1. The lowest BCUT2D eigenvalue weighted by Crippen LogP contribution is -2.24. The predicted molar refractivity (Wildman–Crippen MR) is 99.1 cm³/mol. The second-order valence-electron chi connectivity index (χ2n) is 6.16. The Morgan fingerprint density at radius 3 is 2.69 bits per heavy atom. The van der Waals surface area contributed by atoms with Crippen molar-refractivity contribution in [3.8, 4) is 6.01 Å². The van der Waals surface area contributed by atoms with Crippen molar-refractivity contribution in [2.75, 3.05) is 6.61 Å². The summed E-state index contributed by atoms with van der Waals surface area (Å²) in [5, 5.41) is 9.03. The minimum atomic E-state index is -1.21. The third-order valence-electron chi connectivity index (χ3n) is 4.23. The number of hydrogen-bond donors (Lipinski definition) is 2. The van der Waals surface area contributed by atoms with E-state index in [1.165, 1.54) is 18.3 Å². The van der Waals surface area contributed by atoms with Crippen LogP contribution in [0.2, 0.25) is 0 Å². The van der Waals surface area contributed by atoms with Crippen LogP contribution in [-0.2, 0) is 22.6 Å². The molecule has 29 heavy (non-hydrogen) atoms. The van der Waals surface area contributed by atoms with Crippen LogP contribution in [0.5, 0.6) is 6.01 Å². The third-order valence-corrected chi connectivity index (χ3v) is 4.23. The lowest BCUT2D eigenvalue weighted by Gasteiger charge is -2.10. The van der Waals surface area contributed by atoms with E-state index in [2.05, 4.69) is 9.97 Å². The summed E-state index contributed by atoms with van der Waals surface area (Å²) in [4.78, 5) is 42.8. The summed E-state index contributed by atoms with van der Waals surface area (Å²) in [5.41, 5.74) is 6.57. The summed E-state index contributed by atoms with van der Waals surface area (Å²) < 4.78 is 20.3. The highest BCUT2D eigenvalue weighted by Gasteiger charge is 2.26. The number of Topliss-reactive ketones (excluding diaryl/α,β-unsaturated/α-hetero) is 1. The number of benzene rings is 1. The standard InChI is InChI=1S/C19H17FN4O5/c1-2-13-15(16(27)17(21)28)12-7-22-19(29-9-14(25)26)23-18(12)24(13)8-10-4-3-5-11(20)6-10/h3-7H,2,8-9H2,1H3,(H2,21,28)(H,25,26). The molecule has 0 saturated heterocycles. The Hall–Kier alpha value is -3.82. The number of aromatic nitrogens is 3. The summed E-state index contributed by atoms with van der Waals surface area (Å²) in [7, 11) is 0. The second-order valence-corrected chi connectivity index (χ2v) is 6.16. The summed E-state index contributed by atoms with van der Waals surface area (Å²) >= 11 is 0. The van der Waals surface area contributed by atoms with Gasteiger partial charge in [0.15, 0.2) is 6.61 Å². The molecule has 0 radical (unpaired) electrons. The molecule has 9 nitrogen and oxygen atoms in total. The number of carboxylic acid groups (broad SMARTS) is 1. The van der Waals surface area contributed by atoms with Gasteiger partial charge in [0.2, 0.25) is 0 Å². The fourth-order valence-corrected chi connectivity index (χ4v) is 3.09. The molecule has 0 aliphatic rings. The Labute approximate surface area is 163 Å². The van der Waals surface area contributed by atoms with Crippen molar-refractivity contribution >= 4 is 28.7 Å². The number of primary amides is 1. The molecule has 0 atom stereocenters. The van der Waals surface area contributed by atoms with Crippen LogP contribution < -0.4 is 10.5 Å². The number of carboxylic acids is 1. The van der Waals surface area contributed by atoms with Crippen molar-refractivity contribution in [1.82, 2.24) is 14.5 Å². The number of carbonyl (C=O) groups is 3. The van der Waals surface area contributed by atoms with Crippen LogP contribution in [-0.4, -0.2) is 43.9 Å². The van der Waals surface area contributed by atoms with Crippen molar-refractivity contribution < 1.29 is 28.6 Å². The Morgan fingerprint density at radius 2 is 2.07 bits per heavy atom. The molecule has 150 valence electrons. The van der Waals surface area contributed by atoms with Gasteiger partial charge >= 0.3 is 12.0 Å². The minimum absolute atomic E-state index is 0.0659. The SMILES string of the molecule is CCc1c(C(=O)C(N)=O)c2cnc(OCC(=O)O)nc2n1Cc1cccc(F)c1. The van der Waals surface area contributed by atoms with E-state index in [0.29, 0.717) is 17.7 Å². The lowest BCUT2D eigenvalue weighted by molar-refractivity contribution is -0.139. The summed E-state index contributed by atoms with van der Waals surface area (Å²) in [6.45, 7) is 1.28. The quantitative estimate of drug-likeness (QED) is 0.429. The number of nitrogens with zero attached hydrogens (tertiary/aromatic N) is 3. The molecule has 2 heterocycles. The zero-order valence-electron chi connectivity index (χ0n) is 15.4. The van der Waals surface area contributed by atoms with E-state index in [1.807, 2.05) is 0 Å². The zero-order valence-corrected chi connectivity index (χ0v) is 15.4. The maximum atomic E-state index is 13.6. The number of rotatable bonds is 8. The van der Waals surface area contributed by atoms with Crippen molar-refractivity contribution in [3.05, 3.63) is 53.1 Å². The van der Waals surface area contributed by atoms with Crippen molar-refractivity contribution in [1.29, 1.82) is 0 Å². The van der Waals surface area contributed by atoms with Crippen LogP contribution in [0, 0.1) is 5.82 Å². The van der Waals surface area contributed by atoms with Crippen LogP contribution in [0.4, 0.5) is 4.39 Å². The summed E-state index contributed by atoms with van der Waals surface area (Å²) in [5.74, 6) is -3.66. The minimum Gasteiger partial charge on any atom is -0.479 e. The molecule has 3 rings (SSSR count). The van der Waals surface area contributed by atoms with Gasteiger partial charge in [0, 0.05) is 23.8 Å². The number of carbonyl (C=O) groups excluding carboxylic acids is 2. The maximum absolute atomic E-state index is 13.6. The maximum Gasteiger partial charge on any atom is 0.341 e. The van der Waals surface area contributed by atoms with Gasteiger partial charge in [-0.1, -0.05) is 19.1 Å². The van der Waals surface area contributed by atoms with Gasteiger partial charge in [0.1, 0.15) is 11.5 Å². The summed E-state index contributed by atoms with van der Waals surface area (Å²) in [6, 6.07) is 5.68. The van der Waals surface area contributed by atoms with E-state index in [-0.39, 0.29) is 29.2 Å². The molecule has 1 amide bonds. The van der Waals surface area contributed by atoms with Gasteiger partial charge in [-0.2, -0.15) is 4.98 Å². The molecule has 0 aliphatic carbocycles. The molecule has 2 aromatic heterocycles. The summed E-state index contributed by atoms with van der Waals surface area (Å²) in [6.07, 6.45) is 1.63. The first-order chi connectivity index (χ1) is 13.8. The number of fused-ring (bicyclic) bond motifs is 1. The van der Waals surface area contributed by atoms with E-state index < -0.39 is 30.1 Å². The molecule has 0 fully saturated rings. The van der Waals surface area contributed by atoms with E-state index in [0.717, 1.165) is 0 Å². The van der Waals surface area contributed by atoms with Gasteiger partial charge in [-0.05, 0) is 24.1 Å². The highest BCUT2D eigenvalue weighted by Crippen LogP contribution is 2.28. The van der Waals surface area contributed by atoms with Gasteiger partial charge in [-0.25, -0.2) is 14.2 Å². The fraction of sp³-hybridized carbons (Fsp3) is 0.211. The predicted octanol–water partition coefficient (Wildman–Crippen LogP) is 1.31. The van der Waals surface area contributed by atoms with Crippen LogP contribution >= 0.6 is 0 Å². The lowest BCUT2D eigenvalue weighted by atomic mass is 10.1. The molecule has 0 bridgehead atoms. The first-order valence-electron chi connectivity index (χ1n) is 8.63. The smallest absolute Gasteiger partial charge is 0.341 e. The molecule has 10 heteroatoms. The van der Waals surface area contributed by atoms with Crippen molar-refractivity contribution in [3.63, 3.8) is 0 Å². The Morgan fingerprint density at radius 1 is 1.31 bits per heavy atom. The van der Waals surface area contributed by atoms with Gasteiger partial charge < -0.3 is 20.1 Å². The van der Waals surface area contributed by atoms with Crippen molar-refractivity contribution in [2.45, 2.75) is 19.9 Å². The first kappa shape index (κ1) is 19.9. The van der Waals surface area contributed by atoms with Crippen LogP contribution in [0.1, 0.15) is 28.5 Å². The average Bonchev–Trinajstić information content (AvgIpc) is 2.98. The molecule has 3 aromatic rings. The fourth-order valence-electron chi connectivity index (χ4n) is 3.09. The topological polar surface area (TPSA) is 137 Å². The van der Waals surface area contributed by atoms with Gasteiger partial charge in [-0.15, -0.1) is 0 Å². The van der Waals surface area contributed by atoms with E-state index in [4.69, 9.17) is 15.6 Å². The number of ketones is 1. The number of nitrogens with two attached hydrogens (primary N) is 1. The number of aliphatic carboxylic acids is 1. The van der Waals surface area contributed by atoms with Gasteiger partial charge in [-0.3, -0.25) is 9.59 Å². The van der Waals surface area contributed by atoms with E-state index in [9.17, 15) is 18.8 Å². The highest BCUT2D eigenvalue weighted by atomic mass is 19.1. The Kier molecular flexibility index (Phi) is 5.53. The van der Waals surface area contributed by atoms with E-state index in [1.54, 1.807) is 23.6 Å². The number of ether oxygens (including phenoxy) is 1. The van der Waals surface area contributed by atoms with Crippen LogP contribution in [0.25, 0.3) is 11.0 Å². The highest BCUT2D eigenvalue weighted by molar-refractivity contribution is 6.44. The third kappa shape index (κ3) is 4.05. The van der Waals surface area contributed by atoms with Gasteiger partial charge in [0.25, 0.3) is 11.7 Å². The monoisotopic (exact) mass is 400 g/mol. The number of halogens is 1. The van der Waals surface area contributed by atoms with Crippen LogP contribution in [0.3, 0.4) is 0 Å². The normalized spacial score (nSPS) is 10.8. The van der Waals surface area contributed by atoms with Crippen LogP contribution in [0.15, 0.2) is 30.5 Å². The molecule has 0 saturated carbocycles. The average molecular weight is 400 g/mol. The molecular formula is C19H17FN4O5. The second kappa shape index (κ2) is 8.05. The molecule has 0 aliphatic heterocycles. The molecule has 0 spiro atoms. The number of hydrogen-bond acceptors (Lipinski definition) is 6. The Balaban J connectivity index is 2.21. The number of amides is 1. The molecule has 1 aromatic carbocycles.